The first-order valence-corrected chi connectivity index (χ1v) is 6.83. The molecule has 0 rings (SSSR count). The zero-order chi connectivity index (χ0) is 12.8. The number of ether oxygens (including phenoxy) is 3. The lowest BCUT2D eigenvalue weighted by Crippen LogP contribution is -2.60. The van der Waals surface area contributed by atoms with Crippen LogP contribution in [0, 0.1) is 5.92 Å². The van der Waals surface area contributed by atoms with E-state index in [0.717, 1.165) is 16.3 Å². The molecule has 1 unspecified atom stereocenters. The number of carbonyl (C=O) groups excluding carboxylic acids is 1. The van der Waals surface area contributed by atoms with Crippen LogP contribution in [0.25, 0.3) is 0 Å². The number of hydrogen-bond acceptors (Lipinski definition) is 4. The maximum Gasteiger partial charge on any atom is 0.278 e. The minimum atomic E-state index is -1.18. The van der Waals surface area contributed by atoms with Gasteiger partial charge in [-0.2, -0.15) is 0 Å². The quantitative estimate of drug-likeness (QED) is 0.488. The first-order valence-electron chi connectivity index (χ1n) is 5.42. The van der Waals surface area contributed by atoms with Gasteiger partial charge >= 0.3 is 0 Å². The molecule has 6 heteroatoms. The molecule has 0 aliphatic rings. The van der Waals surface area contributed by atoms with Gasteiger partial charge in [0, 0.05) is 37.5 Å². The maximum atomic E-state index is 11.7. The molecule has 0 heterocycles. The molecule has 16 heavy (non-hydrogen) atoms. The Kier molecular flexibility index (Phi) is 6.81. The Morgan fingerprint density at radius 2 is 1.81 bits per heavy atom. The molecule has 1 atom stereocenters. The van der Waals surface area contributed by atoms with E-state index in [0.29, 0.717) is 0 Å². The summed E-state index contributed by atoms with van der Waals surface area (Å²) in [6, 6.07) is 0.802. The SMILES string of the molecule is COC(C[SiH3])C(NC(=O)C(C)C)(OC)OC. The molecular formula is C10H23NO4Si. The van der Waals surface area contributed by atoms with E-state index in [9.17, 15) is 4.79 Å². The molecule has 5 nitrogen and oxygen atoms in total. The highest BCUT2D eigenvalue weighted by atomic mass is 28.1. The van der Waals surface area contributed by atoms with Crippen molar-refractivity contribution in [2.75, 3.05) is 21.3 Å². The molecule has 1 amide bonds. The van der Waals surface area contributed by atoms with Crippen LogP contribution in [0.15, 0.2) is 0 Å². The fourth-order valence-electron chi connectivity index (χ4n) is 1.44. The Morgan fingerprint density at radius 3 is 2.06 bits per heavy atom. The van der Waals surface area contributed by atoms with Crippen molar-refractivity contribution in [3.05, 3.63) is 0 Å². The normalized spacial score (nSPS) is 14.1. The topological polar surface area (TPSA) is 56.8 Å². The summed E-state index contributed by atoms with van der Waals surface area (Å²) >= 11 is 0. The van der Waals surface area contributed by atoms with E-state index in [1.54, 1.807) is 7.11 Å². The van der Waals surface area contributed by atoms with Crippen molar-refractivity contribution in [3.63, 3.8) is 0 Å². The van der Waals surface area contributed by atoms with Crippen molar-refractivity contribution in [1.29, 1.82) is 0 Å². The van der Waals surface area contributed by atoms with Crippen molar-refractivity contribution in [1.82, 2.24) is 5.32 Å². The van der Waals surface area contributed by atoms with Gasteiger partial charge in [-0.3, -0.25) is 4.79 Å². The number of nitrogens with one attached hydrogen (secondary N) is 1. The molecule has 0 aliphatic carbocycles. The minimum absolute atomic E-state index is 0.124. The fraction of sp³-hybridized carbons (Fsp3) is 0.900. The summed E-state index contributed by atoms with van der Waals surface area (Å²) in [6.45, 7) is 3.63. The average Bonchev–Trinajstić information content (AvgIpc) is 2.28. The summed E-state index contributed by atoms with van der Waals surface area (Å²) in [6.07, 6.45) is -0.295. The van der Waals surface area contributed by atoms with Gasteiger partial charge < -0.3 is 19.5 Å². The Hall–Kier alpha value is -0.433. The van der Waals surface area contributed by atoms with E-state index in [2.05, 4.69) is 5.32 Å². The van der Waals surface area contributed by atoms with Crippen LogP contribution in [-0.2, 0) is 19.0 Å². The minimum Gasteiger partial charge on any atom is -0.374 e. The lowest BCUT2D eigenvalue weighted by molar-refractivity contribution is -0.275. The number of carbonyl (C=O) groups is 1. The molecular weight excluding hydrogens is 226 g/mol. The van der Waals surface area contributed by atoms with Crippen molar-refractivity contribution < 1.29 is 19.0 Å². The molecule has 0 aromatic carbocycles. The summed E-state index contributed by atoms with van der Waals surface area (Å²) in [4.78, 5) is 11.7. The van der Waals surface area contributed by atoms with Crippen LogP contribution in [-0.4, -0.2) is 49.5 Å². The lowest BCUT2D eigenvalue weighted by atomic mass is 10.2. The summed E-state index contributed by atoms with van der Waals surface area (Å²) in [7, 11) is 5.50. The van der Waals surface area contributed by atoms with Crippen LogP contribution >= 0.6 is 0 Å². The highest BCUT2D eigenvalue weighted by Crippen LogP contribution is 2.19. The summed E-state index contributed by atoms with van der Waals surface area (Å²) in [5.41, 5.74) is 0. The van der Waals surface area contributed by atoms with Gasteiger partial charge in [-0.05, 0) is 6.04 Å². The standard InChI is InChI=1S/C10H23NO4Si/c1-7(2)9(12)11-10(14-4,15-5)8(6-16)13-3/h7-8H,6H2,1-5,16H3,(H,11,12). The smallest absolute Gasteiger partial charge is 0.278 e. The fourth-order valence-corrected chi connectivity index (χ4v) is 2.31. The van der Waals surface area contributed by atoms with Crippen LogP contribution < -0.4 is 5.32 Å². The first kappa shape index (κ1) is 15.6. The van der Waals surface area contributed by atoms with E-state index in [4.69, 9.17) is 14.2 Å². The average molecular weight is 249 g/mol. The highest BCUT2D eigenvalue weighted by Gasteiger charge is 2.41. The van der Waals surface area contributed by atoms with Gasteiger partial charge in [-0.25, -0.2) is 0 Å². The molecule has 0 aromatic rings. The molecule has 0 saturated heterocycles. The molecule has 0 radical (unpaired) electrons. The largest absolute Gasteiger partial charge is 0.374 e. The number of rotatable bonds is 7. The van der Waals surface area contributed by atoms with Gasteiger partial charge in [0.05, 0.1) is 0 Å². The van der Waals surface area contributed by atoms with Crippen molar-refractivity contribution in [2.45, 2.75) is 31.9 Å². The zero-order valence-electron chi connectivity index (χ0n) is 11.0. The predicted molar refractivity (Wildman–Crippen MR) is 65.3 cm³/mol. The van der Waals surface area contributed by atoms with Gasteiger partial charge in [0.15, 0.2) is 0 Å². The second kappa shape index (κ2) is 7.00. The monoisotopic (exact) mass is 249 g/mol. The number of amides is 1. The second-order valence-electron chi connectivity index (χ2n) is 3.85. The lowest BCUT2D eigenvalue weighted by Gasteiger charge is -2.37. The van der Waals surface area contributed by atoms with E-state index in [1.807, 2.05) is 13.8 Å². The third-order valence-corrected chi connectivity index (χ3v) is 3.25. The van der Waals surface area contributed by atoms with Crippen LogP contribution in [0.5, 0.6) is 0 Å². The summed E-state index contributed by atoms with van der Waals surface area (Å²) in [5, 5.41) is 2.75. The van der Waals surface area contributed by atoms with Crippen LogP contribution in [0.3, 0.4) is 0 Å². The van der Waals surface area contributed by atoms with Crippen LogP contribution in [0.1, 0.15) is 13.8 Å². The number of methoxy groups -OCH3 is 3. The highest BCUT2D eigenvalue weighted by molar-refractivity contribution is 6.09. The van der Waals surface area contributed by atoms with Crippen molar-refractivity contribution in [2.24, 2.45) is 5.92 Å². The molecule has 1 N–H and O–H groups in total. The van der Waals surface area contributed by atoms with E-state index < -0.39 is 5.91 Å². The molecule has 0 aliphatic heterocycles. The molecule has 96 valence electrons. The Labute approximate surface area is 100 Å². The molecule has 0 spiro atoms. The summed E-state index contributed by atoms with van der Waals surface area (Å²) < 4.78 is 15.9. The predicted octanol–water partition coefficient (Wildman–Crippen LogP) is -0.496. The third-order valence-electron chi connectivity index (χ3n) is 2.51. The number of hydrogen-bond donors (Lipinski definition) is 1. The van der Waals surface area contributed by atoms with Crippen molar-refractivity contribution in [3.8, 4) is 0 Å². The Bertz CT molecular complexity index is 215. The molecule has 0 fully saturated rings. The van der Waals surface area contributed by atoms with Crippen molar-refractivity contribution >= 4 is 16.1 Å². The van der Waals surface area contributed by atoms with Gasteiger partial charge in [0.2, 0.25) is 5.91 Å². The van der Waals surface area contributed by atoms with E-state index in [-0.39, 0.29) is 17.9 Å². The van der Waals surface area contributed by atoms with Gasteiger partial charge in [-0.15, -0.1) is 0 Å². The Morgan fingerprint density at radius 1 is 1.31 bits per heavy atom. The Balaban J connectivity index is 4.86. The zero-order valence-corrected chi connectivity index (χ0v) is 13.0. The van der Waals surface area contributed by atoms with E-state index in [1.165, 1.54) is 14.2 Å². The first-order chi connectivity index (χ1) is 7.47. The molecule has 0 bridgehead atoms. The van der Waals surface area contributed by atoms with Crippen LogP contribution in [0.2, 0.25) is 6.04 Å². The maximum absolute atomic E-state index is 11.7. The molecule has 0 saturated carbocycles. The van der Waals surface area contributed by atoms with Gasteiger partial charge in [0.25, 0.3) is 5.91 Å². The third kappa shape index (κ3) is 3.55. The molecule has 0 aromatic heterocycles. The van der Waals surface area contributed by atoms with Gasteiger partial charge in [-0.1, -0.05) is 13.8 Å². The van der Waals surface area contributed by atoms with E-state index >= 15 is 0 Å². The second-order valence-corrected chi connectivity index (χ2v) is 4.67. The van der Waals surface area contributed by atoms with Gasteiger partial charge in [0.1, 0.15) is 6.10 Å². The van der Waals surface area contributed by atoms with Crippen LogP contribution in [0.4, 0.5) is 0 Å². The summed E-state index contributed by atoms with van der Waals surface area (Å²) in [5.74, 6) is -1.44.